The van der Waals surface area contributed by atoms with Gasteiger partial charge in [0.25, 0.3) is 0 Å². The summed E-state index contributed by atoms with van der Waals surface area (Å²) < 4.78 is 0. The fourth-order valence-electron chi connectivity index (χ4n) is 3.95. The van der Waals surface area contributed by atoms with Gasteiger partial charge in [0.05, 0.1) is 0 Å². The molecule has 2 unspecified atom stereocenters. The fraction of sp³-hybridized carbons (Fsp3) is 0.933. The van der Waals surface area contributed by atoms with Crippen LogP contribution in [0.4, 0.5) is 0 Å². The van der Waals surface area contributed by atoms with Crippen molar-refractivity contribution in [2.24, 2.45) is 17.8 Å². The van der Waals surface area contributed by atoms with Crippen LogP contribution in [0.25, 0.3) is 0 Å². The van der Waals surface area contributed by atoms with E-state index >= 15 is 0 Å². The molecule has 1 aliphatic heterocycles. The van der Waals surface area contributed by atoms with Crippen LogP contribution in [-0.4, -0.2) is 50.1 Å². The number of carbonyl (C=O) groups is 1. The molecule has 1 heterocycles. The highest BCUT2D eigenvalue weighted by atomic mass is 35.5. The van der Waals surface area contributed by atoms with E-state index in [0.29, 0.717) is 11.8 Å². The van der Waals surface area contributed by atoms with Gasteiger partial charge in [0.15, 0.2) is 0 Å². The first-order valence-electron chi connectivity index (χ1n) is 8.07. The highest BCUT2D eigenvalue weighted by Gasteiger charge is 2.54. The first kappa shape index (κ1) is 16.1. The number of piperazine rings is 1. The van der Waals surface area contributed by atoms with Crippen LogP contribution >= 0.6 is 12.4 Å². The Kier molecular flexibility index (Phi) is 6.12. The van der Waals surface area contributed by atoms with Crippen molar-refractivity contribution in [3.05, 3.63) is 0 Å². The maximum Gasteiger partial charge on any atom is 0.223 e. The van der Waals surface area contributed by atoms with Crippen molar-refractivity contribution < 1.29 is 4.79 Å². The van der Waals surface area contributed by atoms with Crippen LogP contribution in [0.2, 0.25) is 0 Å². The number of carbonyl (C=O) groups excluding carboxylic acids is 1. The number of nitrogens with one attached hydrogen (secondary N) is 2. The number of halogens is 1. The Morgan fingerprint density at radius 3 is 2.45 bits per heavy atom. The third kappa shape index (κ3) is 3.86. The Bertz CT molecular complexity index is 308. The molecule has 1 saturated heterocycles. The van der Waals surface area contributed by atoms with E-state index in [1.165, 1.54) is 25.7 Å². The smallest absolute Gasteiger partial charge is 0.223 e. The molecular formula is C15H28ClN3O. The summed E-state index contributed by atoms with van der Waals surface area (Å²) in [7, 11) is 0. The molecule has 0 aromatic rings. The zero-order chi connectivity index (χ0) is 13.1. The average molecular weight is 302 g/mol. The predicted octanol–water partition coefficient (Wildman–Crippen LogP) is 1.26. The van der Waals surface area contributed by atoms with Crippen LogP contribution in [0.1, 0.15) is 32.1 Å². The summed E-state index contributed by atoms with van der Waals surface area (Å²) in [5.74, 6) is 2.20. The number of fused-ring (bicyclic) bond motifs is 1. The summed E-state index contributed by atoms with van der Waals surface area (Å²) in [6.45, 7) is 6.51. The van der Waals surface area contributed by atoms with Gasteiger partial charge in [-0.15, -0.1) is 12.4 Å². The Balaban J connectivity index is 0.00000147. The SMILES string of the molecule is Cl.O=C(NCCCN1CCNCC1)C1C2CCCCC21. The van der Waals surface area contributed by atoms with Gasteiger partial charge in [-0.05, 0) is 37.6 Å². The molecule has 2 aliphatic carbocycles. The normalized spacial score (nSPS) is 32.9. The molecule has 20 heavy (non-hydrogen) atoms. The van der Waals surface area contributed by atoms with E-state index in [1.54, 1.807) is 0 Å². The van der Waals surface area contributed by atoms with Gasteiger partial charge in [-0.1, -0.05) is 12.8 Å². The monoisotopic (exact) mass is 301 g/mol. The number of hydrogen-bond donors (Lipinski definition) is 2. The minimum Gasteiger partial charge on any atom is -0.356 e. The molecule has 0 aromatic carbocycles. The van der Waals surface area contributed by atoms with Crippen LogP contribution in [-0.2, 0) is 4.79 Å². The van der Waals surface area contributed by atoms with Crippen LogP contribution in [0.15, 0.2) is 0 Å². The second-order valence-electron chi connectivity index (χ2n) is 6.37. The lowest BCUT2D eigenvalue weighted by Gasteiger charge is -2.27. The molecule has 0 spiro atoms. The molecule has 3 fully saturated rings. The zero-order valence-corrected chi connectivity index (χ0v) is 13.1. The maximum absolute atomic E-state index is 12.1. The van der Waals surface area contributed by atoms with Crippen LogP contribution in [0, 0.1) is 17.8 Å². The second kappa shape index (κ2) is 7.62. The minimum absolute atomic E-state index is 0. The quantitative estimate of drug-likeness (QED) is 0.752. The third-order valence-electron chi connectivity index (χ3n) is 5.12. The van der Waals surface area contributed by atoms with E-state index in [0.717, 1.165) is 57.5 Å². The molecule has 0 radical (unpaired) electrons. The molecule has 0 aromatic heterocycles. The molecule has 3 rings (SSSR count). The summed E-state index contributed by atoms with van der Waals surface area (Å²) in [6, 6.07) is 0. The molecule has 116 valence electrons. The number of amides is 1. The van der Waals surface area contributed by atoms with Crippen molar-refractivity contribution in [2.75, 3.05) is 39.3 Å². The van der Waals surface area contributed by atoms with Gasteiger partial charge in [-0.2, -0.15) is 0 Å². The minimum atomic E-state index is 0. The Labute approximate surface area is 128 Å². The van der Waals surface area contributed by atoms with E-state index in [1.807, 2.05) is 0 Å². The van der Waals surface area contributed by atoms with Gasteiger partial charge in [-0.25, -0.2) is 0 Å². The van der Waals surface area contributed by atoms with Crippen molar-refractivity contribution >= 4 is 18.3 Å². The molecule has 1 amide bonds. The lowest BCUT2D eigenvalue weighted by molar-refractivity contribution is -0.122. The van der Waals surface area contributed by atoms with Gasteiger partial charge in [0.1, 0.15) is 0 Å². The standard InChI is InChI=1S/C15H27N3O.ClH/c19-15(14-12-4-1-2-5-13(12)14)17-6-3-9-18-10-7-16-8-11-18;/h12-14,16H,1-11H2,(H,17,19);1H. The van der Waals surface area contributed by atoms with Crippen molar-refractivity contribution in [1.29, 1.82) is 0 Å². The van der Waals surface area contributed by atoms with Crippen molar-refractivity contribution in [1.82, 2.24) is 15.5 Å². The summed E-state index contributed by atoms with van der Waals surface area (Å²) in [4.78, 5) is 14.6. The lowest BCUT2D eigenvalue weighted by atomic mass is 10.0. The van der Waals surface area contributed by atoms with Gasteiger partial charge in [0, 0.05) is 38.6 Å². The summed E-state index contributed by atoms with van der Waals surface area (Å²) in [5, 5.41) is 6.52. The van der Waals surface area contributed by atoms with E-state index in [-0.39, 0.29) is 12.4 Å². The third-order valence-corrected chi connectivity index (χ3v) is 5.12. The molecule has 4 nitrogen and oxygen atoms in total. The fourth-order valence-corrected chi connectivity index (χ4v) is 3.95. The Hall–Kier alpha value is -0.320. The van der Waals surface area contributed by atoms with Crippen LogP contribution < -0.4 is 10.6 Å². The maximum atomic E-state index is 12.1. The number of rotatable bonds is 5. The van der Waals surface area contributed by atoms with E-state index in [2.05, 4.69) is 15.5 Å². The molecule has 0 bridgehead atoms. The highest BCUT2D eigenvalue weighted by molar-refractivity contribution is 5.85. The number of hydrogen-bond acceptors (Lipinski definition) is 3. The summed E-state index contributed by atoms with van der Waals surface area (Å²) in [6.07, 6.45) is 6.36. The largest absolute Gasteiger partial charge is 0.356 e. The van der Waals surface area contributed by atoms with Crippen LogP contribution in [0.3, 0.4) is 0 Å². The Morgan fingerprint density at radius 1 is 1.15 bits per heavy atom. The summed E-state index contributed by atoms with van der Waals surface area (Å²) >= 11 is 0. The van der Waals surface area contributed by atoms with Crippen molar-refractivity contribution in [2.45, 2.75) is 32.1 Å². The predicted molar refractivity (Wildman–Crippen MR) is 83.1 cm³/mol. The van der Waals surface area contributed by atoms with Gasteiger partial charge in [-0.3, -0.25) is 4.79 Å². The van der Waals surface area contributed by atoms with Gasteiger partial charge in [0.2, 0.25) is 5.91 Å². The average Bonchev–Trinajstić information content (AvgIpc) is 3.19. The lowest BCUT2D eigenvalue weighted by Crippen LogP contribution is -2.44. The summed E-state index contributed by atoms with van der Waals surface area (Å²) in [5.41, 5.74) is 0. The first-order chi connectivity index (χ1) is 9.36. The Morgan fingerprint density at radius 2 is 1.80 bits per heavy atom. The topological polar surface area (TPSA) is 44.4 Å². The molecule has 2 N–H and O–H groups in total. The van der Waals surface area contributed by atoms with Crippen molar-refractivity contribution in [3.8, 4) is 0 Å². The first-order valence-corrected chi connectivity index (χ1v) is 8.07. The van der Waals surface area contributed by atoms with Crippen molar-refractivity contribution in [3.63, 3.8) is 0 Å². The van der Waals surface area contributed by atoms with E-state index in [9.17, 15) is 4.79 Å². The van der Waals surface area contributed by atoms with Gasteiger partial charge >= 0.3 is 0 Å². The van der Waals surface area contributed by atoms with Crippen LogP contribution in [0.5, 0.6) is 0 Å². The molecule has 2 saturated carbocycles. The van der Waals surface area contributed by atoms with E-state index < -0.39 is 0 Å². The molecular weight excluding hydrogens is 274 g/mol. The second-order valence-corrected chi connectivity index (χ2v) is 6.37. The number of nitrogens with zero attached hydrogens (tertiary/aromatic N) is 1. The zero-order valence-electron chi connectivity index (χ0n) is 12.3. The highest BCUT2D eigenvalue weighted by Crippen LogP contribution is 2.55. The van der Waals surface area contributed by atoms with Gasteiger partial charge < -0.3 is 15.5 Å². The molecule has 3 aliphatic rings. The van der Waals surface area contributed by atoms with E-state index in [4.69, 9.17) is 0 Å². The molecule has 5 heteroatoms. The molecule has 2 atom stereocenters.